The zero-order valence-electron chi connectivity index (χ0n) is 8.05. The maximum Gasteiger partial charge on any atom is 0.290 e. The Morgan fingerprint density at radius 3 is 2.71 bits per heavy atom. The van der Waals surface area contributed by atoms with Gasteiger partial charge in [-0.1, -0.05) is 13.8 Å². The first-order valence-corrected chi connectivity index (χ1v) is 4.42. The lowest BCUT2D eigenvalue weighted by atomic mass is 9.75. The highest BCUT2D eigenvalue weighted by Crippen LogP contribution is 2.41. The van der Waals surface area contributed by atoms with Crippen LogP contribution in [-0.2, 0) is 9.59 Å². The Hall–Kier alpha value is -1.58. The lowest BCUT2D eigenvalue weighted by Crippen LogP contribution is -2.27. The van der Waals surface area contributed by atoms with Crippen molar-refractivity contribution in [1.82, 2.24) is 5.32 Å². The number of hydrogen-bond donors (Lipinski definition) is 2. The second-order valence-corrected chi connectivity index (χ2v) is 4.26. The van der Waals surface area contributed by atoms with Crippen molar-refractivity contribution in [2.24, 2.45) is 5.41 Å². The van der Waals surface area contributed by atoms with Gasteiger partial charge in [-0.3, -0.25) is 9.59 Å². The summed E-state index contributed by atoms with van der Waals surface area (Å²) in [5, 5.41) is 12.0. The molecule has 0 aromatic carbocycles. The molecule has 4 heteroatoms. The highest BCUT2D eigenvalue weighted by molar-refractivity contribution is 6.03. The van der Waals surface area contributed by atoms with Gasteiger partial charge in [-0.2, -0.15) is 0 Å². The molecule has 2 rings (SSSR count). The van der Waals surface area contributed by atoms with E-state index in [1.165, 1.54) is 6.08 Å². The van der Waals surface area contributed by atoms with Gasteiger partial charge in [0.05, 0.1) is 5.70 Å². The summed E-state index contributed by atoms with van der Waals surface area (Å²) in [5.74, 6) is -0.800. The van der Waals surface area contributed by atoms with Crippen LogP contribution in [-0.4, -0.2) is 16.8 Å². The normalized spacial score (nSPS) is 24.6. The number of nitrogens with one attached hydrogen (secondary N) is 1. The number of ketones is 1. The maximum absolute atomic E-state index is 11.3. The van der Waals surface area contributed by atoms with E-state index in [-0.39, 0.29) is 11.5 Å². The third kappa shape index (κ3) is 1.07. The average Bonchev–Trinajstić information content (AvgIpc) is 2.25. The molecule has 0 saturated heterocycles. The van der Waals surface area contributed by atoms with Crippen LogP contribution in [0.25, 0.3) is 0 Å². The Morgan fingerprint density at radius 1 is 1.43 bits per heavy atom. The smallest absolute Gasteiger partial charge is 0.290 e. The largest absolute Gasteiger partial charge is 0.503 e. The zero-order valence-corrected chi connectivity index (χ0v) is 8.05. The van der Waals surface area contributed by atoms with E-state index < -0.39 is 11.3 Å². The molecule has 0 atom stereocenters. The molecule has 0 spiro atoms. The molecule has 0 saturated carbocycles. The number of hydrogen-bond acceptors (Lipinski definition) is 3. The van der Waals surface area contributed by atoms with Crippen LogP contribution in [0.1, 0.15) is 20.3 Å². The average molecular weight is 193 g/mol. The molecule has 74 valence electrons. The minimum Gasteiger partial charge on any atom is -0.503 e. The first kappa shape index (κ1) is 8.99. The van der Waals surface area contributed by atoms with Crippen molar-refractivity contribution in [2.45, 2.75) is 20.3 Å². The number of amides is 1. The molecule has 14 heavy (non-hydrogen) atoms. The topological polar surface area (TPSA) is 66.4 Å². The van der Waals surface area contributed by atoms with Crippen LogP contribution in [0.15, 0.2) is 23.1 Å². The molecule has 0 aromatic heterocycles. The number of rotatable bonds is 0. The van der Waals surface area contributed by atoms with E-state index in [2.05, 4.69) is 5.32 Å². The summed E-state index contributed by atoms with van der Waals surface area (Å²) in [6.07, 6.45) is 1.70. The molecule has 0 fully saturated rings. The van der Waals surface area contributed by atoms with E-state index >= 15 is 0 Å². The van der Waals surface area contributed by atoms with Crippen LogP contribution >= 0.6 is 0 Å². The minimum atomic E-state index is -0.519. The van der Waals surface area contributed by atoms with Gasteiger partial charge in [-0.15, -0.1) is 0 Å². The van der Waals surface area contributed by atoms with Crippen molar-refractivity contribution in [3.05, 3.63) is 23.1 Å². The van der Waals surface area contributed by atoms with Gasteiger partial charge in [0.2, 0.25) is 0 Å². The Kier molecular flexibility index (Phi) is 1.58. The molecule has 1 amide bonds. The molecule has 0 radical (unpaired) electrons. The number of aliphatic hydroxyl groups is 1. The summed E-state index contributed by atoms with van der Waals surface area (Å²) in [6.45, 7) is 3.67. The van der Waals surface area contributed by atoms with Crippen LogP contribution in [0.2, 0.25) is 0 Å². The summed E-state index contributed by atoms with van der Waals surface area (Å²) in [6, 6.07) is 0. The maximum atomic E-state index is 11.3. The summed E-state index contributed by atoms with van der Waals surface area (Å²) < 4.78 is 0. The molecule has 0 bridgehead atoms. The van der Waals surface area contributed by atoms with Crippen molar-refractivity contribution in [2.75, 3.05) is 0 Å². The Labute approximate surface area is 81.3 Å². The monoisotopic (exact) mass is 193 g/mol. The molecule has 1 aliphatic heterocycles. The highest BCUT2D eigenvalue weighted by atomic mass is 16.3. The van der Waals surface area contributed by atoms with E-state index in [1.807, 2.05) is 13.8 Å². The molecule has 2 aliphatic rings. The second kappa shape index (κ2) is 2.47. The quantitative estimate of drug-likeness (QED) is 0.598. The van der Waals surface area contributed by atoms with Gasteiger partial charge >= 0.3 is 0 Å². The first-order valence-electron chi connectivity index (χ1n) is 4.42. The predicted octanol–water partition coefficient (Wildman–Crippen LogP) is 0.811. The summed E-state index contributed by atoms with van der Waals surface area (Å²) in [7, 11) is 0. The lowest BCUT2D eigenvalue weighted by molar-refractivity contribution is -0.118. The van der Waals surface area contributed by atoms with Gasteiger partial charge in [-0.05, 0) is 0 Å². The predicted molar refractivity (Wildman–Crippen MR) is 49.3 cm³/mol. The molecule has 4 nitrogen and oxygen atoms in total. The van der Waals surface area contributed by atoms with Crippen molar-refractivity contribution >= 4 is 11.7 Å². The molecule has 2 N–H and O–H groups in total. The van der Waals surface area contributed by atoms with Gasteiger partial charge in [0.15, 0.2) is 11.5 Å². The van der Waals surface area contributed by atoms with E-state index in [0.717, 1.165) is 0 Å². The Morgan fingerprint density at radius 2 is 2.07 bits per heavy atom. The van der Waals surface area contributed by atoms with Gasteiger partial charge in [0.1, 0.15) is 0 Å². The highest BCUT2D eigenvalue weighted by Gasteiger charge is 2.41. The molecule has 1 heterocycles. The summed E-state index contributed by atoms with van der Waals surface area (Å²) in [4.78, 5) is 22.5. The number of carbonyl (C=O) groups is 2. The summed E-state index contributed by atoms with van der Waals surface area (Å²) >= 11 is 0. The van der Waals surface area contributed by atoms with Crippen molar-refractivity contribution in [1.29, 1.82) is 0 Å². The number of fused-ring (bicyclic) bond motifs is 1. The fourth-order valence-electron chi connectivity index (χ4n) is 2.01. The summed E-state index contributed by atoms with van der Waals surface area (Å²) in [5.41, 5.74) is 0.542. The van der Waals surface area contributed by atoms with Gasteiger partial charge in [0, 0.05) is 23.5 Å². The Balaban J connectivity index is 2.62. The van der Waals surface area contributed by atoms with Crippen LogP contribution in [0.5, 0.6) is 0 Å². The standard InChI is InChI=1S/C10H11NO3/c1-10(2)4-5(12)3-6-7(10)8(13)9(14)11-6/h3,13H,4H2,1-2H3,(H,11,14). The van der Waals surface area contributed by atoms with E-state index in [1.54, 1.807) is 0 Å². The van der Waals surface area contributed by atoms with Crippen LogP contribution in [0, 0.1) is 5.41 Å². The SMILES string of the molecule is CC1(C)CC(=O)C=C2NC(=O)C(O)=C21. The number of aliphatic hydroxyl groups excluding tert-OH is 1. The van der Waals surface area contributed by atoms with Gasteiger partial charge in [0.25, 0.3) is 5.91 Å². The first-order chi connectivity index (χ1) is 6.42. The second-order valence-electron chi connectivity index (χ2n) is 4.26. The van der Waals surface area contributed by atoms with Crippen molar-refractivity contribution in [3.8, 4) is 0 Å². The Bertz CT molecular complexity index is 402. The fourth-order valence-corrected chi connectivity index (χ4v) is 2.01. The van der Waals surface area contributed by atoms with Gasteiger partial charge < -0.3 is 10.4 Å². The molecule has 0 aromatic rings. The fraction of sp³-hybridized carbons (Fsp3) is 0.400. The van der Waals surface area contributed by atoms with E-state index in [4.69, 9.17) is 0 Å². The lowest BCUT2D eigenvalue weighted by Gasteiger charge is -2.28. The molecule has 1 aliphatic carbocycles. The van der Waals surface area contributed by atoms with Crippen LogP contribution < -0.4 is 5.32 Å². The number of allylic oxidation sites excluding steroid dienone is 2. The van der Waals surface area contributed by atoms with Gasteiger partial charge in [-0.25, -0.2) is 0 Å². The molecule has 0 unspecified atom stereocenters. The van der Waals surface area contributed by atoms with E-state index in [0.29, 0.717) is 17.7 Å². The number of carbonyl (C=O) groups excluding carboxylic acids is 2. The molecular formula is C10H11NO3. The van der Waals surface area contributed by atoms with Crippen LogP contribution in [0.3, 0.4) is 0 Å². The third-order valence-corrected chi connectivity index (χ3v) is 2.57. The van der Waals surface area contributed by atoms with E-state index in [9.17, 15) is 14.7 Å². The van der Waals surface area contributed by atoms with Crippen LogP contribution in [0.4, 0.5) is 0 Å². The molecular weight excluding hydrogens is 182 g/mol. The minimum absolute atomic E-state index is 0.0243. The van der Waals surface area contributed by atoms with Crippen molar-refractivity contribution < 1.29 is 14.7 Å². The zero-order chi connectivity index (χ0) is 10.5. The third-order valence-electron chi connectivity index (χ3n) is 2.57. The van der Waals surface area contributed by atoms with Crippen molar-refractivity contribution in [3.63, 3.8) is 0 Å².